The van der Waals surface area contributed by atoms with Crippen LogP contribution in [0.25, 0.3) is 0 Å². The van der Waals surface area contributed by atoms with Crippen molar-refractivity contribution in [2.24, 2.45) is 11.3 Å². The summed E-state index contributed by atoms with van der Waals surface area (Å²) in [6.45, 7) is 7.19. The zero-order valence-corrected chi connectivity index (χ0v) is 9.51. The minimum absolute atomic E-state index is 0.705. The number of hydrogen-bond donors (Lipinski definition) is 0. The molecule has 76 valence electrons. The Bertz CT molecular complexity index is 193. The summed E-state index contributed by atoms with van der Waals surface area (Å²) >= 11 is 0. The molecule has 2 bridgehead atoms. The molecule has 1 aliphatic carbocycles. The van der Waals surface area contributed by atoms with Crippen LogP contribution >= 0.6 is 0 Å². The first-order valence-corrected chi connectivity index (χ1v) is 5.86. The number of rotatable bonds is 2. The molecular formula is C12H23N. The van der Waals surface area contributed by atoms with Crippen LogP contribution in [0, 0.1) is 11.3 Å². The van der Waals surface area contributed by atoms with E-state index in [1.54, 1.807) is 0 Å². The van der Waals surface area contributed by atoms with Crippen molar-refractivity contribution in [3.05, 3.63) is 0 Å². The fourth-order valence-corrected chi connectivity index (χ4v) is 3.95. The summed E-state index contributed by atoms with van der Waals surface area (Å²) in [5.41, 5.74) is 0.705. The van der Waals surface area contributed by atoms with Crippen molar-refractivity contribution in [3.63, 3.8) is 0 Å². The van der Waals surface area contributed by atoms with Gasteiger partial charge in [-0.3, -0.25) is 0 Å². The molecule has 1 saturated heterocycles. The molecule has 0 spiro atoms. The van der Waals surface area contributed by atoms with E-state index < -0.39 is 0 Å². The number of fused-ring (bicyclic) bond motifs is 2. The normalized spacial score (nSPS) is 42.9. The summed E-state index contributed by atoms with van der Waals surface area (Å²) in [5.74, 6) is 0.984. The molecule has 0 aromatic carbocycles. The van der Waals surface area contributed by atoms with Gasteiger partial charge in [-0.25, -0.2) is 0 Å². The van der Waals surface area contributed by atoms with Crippen molar-refractivity contribution in [1.82, 2.24) is 4.90 Å². The summed E-state index contributed by atoms with van der Waals surface area (Å²) in [6.07, 6.45) is 5.72. The van der Waals surface area contributed by atoms with Crippen LogP contribution in [0.5, 0.6) is 0 Å². The van der Waals surface area contributed by atoms with Gasteiger partial charge in [0, 0.05) is 12.1 Å². The van der Waals surface area contributed by atoms with E-state index in [9.17, 15) is 0 Å². The third kappa shape index (κ3) is 1.09. The minimum atomic E-state index is 0.705. The van der Waals surface area contributed by atoms with Gasteiger partial charge >= 0.3 is 0 Å². The van der Waals surface area contributed by atoms with Gasteiger partial charge in [0.25, 0.3) is 0 Å². The van der Waals surface area contributed by atoms with E-state index in [4.69, 9.17) is 0 Å². The minimum Gasteiger partial charge on any atom is -0.300 e. The van der Waals surface area contributed by atoms with Crippen LogP contribution in [0.4, 0.5) is 0 Å². The Kier molecular flexibility index (Phi) is 2.18. The average Bonchev–Trinajstić information content (AvgIpc) is 2.65. The summed E-state index contributed by atoms with van der Waals surface area (Å²) in [5, 5.41) is 0. The van der Waals surface area contributed by atoms with E-state index in [1.165, 1.54) is 25.7 Å². The second-order valence-corrected chi connectivity index (χ2v) is 5.18. The van der Waals surface area contributed by atoms with E-state index in [0.717, 1.165) is 18.0 Å². The molecule has 0 amide bonds. The summed E-state index contributed by atoms with van der Waals surface area (Å²) in [6, 6.07) is 1.73. The standard InChI is InChI=1S/C12H23N/c1-5-12(6-2)8-10-7-11(12)9(3)13(10)4/h9-11H,5-8H2,1-4H3/t9-,10?,11?/m1/s1. The predicted octanol–water partition coefficient (Wildman–Crippen LogP) is 2.91. The summed E-state index contributed by atoms with van der Waals surface area (Å²) in [4.78, 5) is 2.61. The molecule has 0 radical (unpaired) electrons. The van der Waals surface area contributed by atoms with Crippen LogP contribution in [0.3, 0.4) is 0 Å². The molecule has 1 saturated carbocycles. The lowest BCUT2D eigenvalue weighted by molar-refractivity contribution is 0.0564. The molecule has 0 N–H and O–H groups in total. The maximum absolute atomic E-state index is 2.61. The SMILES string of the molecule is CCC1(CC)CC2CC1[C@@H](C)N2C. The first-order valence-electron chi connectivity index (χ1n) is 5.86. The molecule has 0 aromatic heterocycles. The molecule has 2 fully saturated rings. The summed E-state index contributed by atoms with van der Waals surface area (Å²) in [7, 11) is 2.31. The zero-order chi connectivity index (χ0) is 9.64. The van der Waals surface area contributed by atoms with Crippen molar-refractivity contribution in [3.8, 4) is 0 Å². The van der Waals surface area contributed by atoms with Gasteiger partial charge < -0.3 is 4.90 Å². The highest BCUT2D eigenvalue weighted by molar-refractivity contribution is 5.07. The molecule has 2 rings (SSSR count). The zero-order valence-electron chi connectivity index (χ0n) is 9.51. The Hall–Kier alpha value is -0.0400. The third-order valence-corrected chi connectivity index (χ3v) is 5.16. The second kappa shape index (κ2) is 2.98. The molecule has 3 atom stereocenters. The summed E-state index contributed by atoms with van der Waals surface area (Å²) < 4.78 is 0. The molecular weight excluding hydrogens is 158 g/mol. The second-order valence-electron chi connectivity index (χ2n) is 5.18. The molecule has 13 heavy (non-hydrogen) atoms. The monoisotopic (exact) mass is 181 g/mol. The molecule has 0 aromatic rings. The quantitative estimate of drug-likeness (QED) is 0.633. The van der Waals surface area contributed by atoms with Crippen LogP contribution in [0.2, 0.25) is 0 Å². The first-order chi connectivity index (χ1) is 6.14. The van der Waals surface area contributed by atoms with Gasteiger partial charge in [0.2, 0.25) is 0 Å². The van der Waals surface area contributed by atoms with Crippen LogP contribution in [-0.4, -0.2) is 24.0 Å². The molecule has 2 unspecified atom stereocenters. The van der Waals surface area contributed by atoms with E-state index in [-0.39, 0.29) is 0 Å². The maximum Gasteiger partial charge on any atom is 0.0104 e. The van der Waals surface area contributed by atoms with Crippen LogP contribution in [-0.2, 0) is 0 Å². The Labute approximate surface area is 82.5 Å². The largest absolute Gasteiger partial charge is 0.300 e. The Morgan fingerprint density at radius 3 is 2.31 bits per heavy atom. The van der Waals surface area contributed by atoms with Gasteiger partial charge in [0.1, 0.15) is 0 Å². The van der Waals surface area contributed by atoms with Crippen LogP contribution < -0.4 is 0 Å². The third-order valence-electron chi connectivity index (χ3n) is 5.16. The van der Waals surface area contributed by atoms with Crippen molar-refractivity contribution in [2.75, 3.05) is 7.05 Å². The first kappa shape index (κ1) is 9.51. The van der Waals surface area contributed by atoms with Gasteiger partial charge in [-0.15, -0.1) is 0 Å². The molecule has 1 aliphatic heterocycles. The van der Waals surface area contributed by atoms with Crippen molar-refractivity contribution < 1.29 is 0 Å². The maximum atomic E-state index is 2.61. The molecule has 1 heteroatoms. The molecule has 1 heterocycles. The van der Waals surface area contributed by atoms with E-state index >= 15 is 0 Å². The predicted molar refractivity (Wildman–Crippen MR) is 56.8 cm³/mol. The number of nitrogens with zero attached hydrogens (tertiary/aromatic N) is 1. The van der Waals surface area contributed by atoms with E-state index in [2.05, 4.69) is 32.7 Å². The fraction of sp³-hybridized carbons (Fsp3) is 1.00. The highest BCUT2D eigenvalue weighted by Gasteiger charge is 2.54. The number of piperidine rings is 1. The Morgan fingerprint density at radius 2 is 1.92 bits per heavy atom. The van der Waals surface area contributed by atoms with Gasteiger partial charge in [0.05, 0.1) is 0 Å². The number of hydrogen-bond acceptors (Lipinski definition) is 1. The fourth-order valence-electron chi connectivity index (χ4n) is 3.95. The Morgan fingerprint density at radius 1 is 1.31 bits per heavy atom. The van der Waals surface area contributed by atoms with Crippen LogP contribution in [0.15, 0.2) is 0 Å². The van der Waals surface area contributed by atoms with Gasteiger partial charge in [-0.05, 0) is 38.1 Å². The van der Waals surface area contributed by atoms with E-state index in [0.29, 0.717) is 5.41 Å². The highest BCUT2D eigenvalue weighted by Crippen LogP contribution is 2.56. The lowest BCUT2D eigenvalue weighted by Gasteiger charge is -2.43. The Balaban J connectivity index is 2.21. The number of likely N-dealkylation sites (tertiary alicyclic amines) is 1. The van der Waals surface area contributed by atoms with Crippen molar-refractivity contribution in [2.45, 2.75) is 58.5 Å². The average molecular weight is 181 g/mol. The smallest absolute Gasteiger partial charge is 0.0104 e. The molecule has 2 aliphatic rings. The lowest BCUT2D eigenvalue weighted by Crippen LogP contribution is -2.44. The van der Waals surface area contributed by atoms with Crippen LogP contribution in [0.1, 0.15) is 46.5 Å². The van der Waals surface area contributed by atoms with E-state index in [1.807, 2.05) is 0 Å². The van der Waals surface area contributed by atoms with Gasteiger partial charge in [0.15, 0.2) is 0 Å². The van der Waals surface area contributed by atoms with Gasteiger partial charge in [-0.1, -0.05) is 26.7 Å². The van der Waals surface area contributed by atoms with Crippen molar-refractivity contribution in [1.29, 1.82) is 0 Å². The molecule has 1 nitrogen and oxygen atoms in total. The topological polar surface area (TPSA) is 3.24 Å². The highest BCUT2D eigenvalue weighted by atomic mass is 15.2. The van der Waals surface area contributed by atoms with Crippen molar-refractivity contribution >= 4 is 0 Å². The lowest BCUT2D eigenvalue weighted by atomic mass is 9.69. The van der Waals surface area contributed by atoms with Gasteiger partial charge in [-0.2, -0.15) is 0 Å².